The Hall–Kier alpha value is -1.79. The number of likely N-dealkylation sites (tertiary alicyclic amines) is 1. The van der Waals surface area contributed by atoms with E-state index in [0.29, 0.717) is 6.42 Å². The Morgan fingerprint density at radius 2 is 1.96 bits per heavy atom. The second kappa shape index (κ2) is 7.66. The van der Waals surface area contributed by atoms with Gasteiger partial charge in [0.05, 0.1) is 11.0 Å². The average molecular weight is 340 g/mol. The molecular weight excluding hydrogens is 318 g/mol. The number of carboxylic acid groups (broad SMARTS) is 1. The smallest absolute Gasteiger partial charge is 0.326 e. The third kappa shape index (κ3) is 3.95. The van der Waals surface area contributed by atoms with Gasteiger partial charge in [0.15, 0.2) is 0 Å². The van der Waals surface area contributed by atoms with Gasteiger partial charge in [-0.3, -0.25) is 9.36 Å². The van der Waals surface area contributed by atoms with Crippen LogP contribution in [0.4, 0.5) is 0 Å². The summed E-state index contributed by atoms with van der Waals surface area (Å²) in [5.74, 6) is -0.736. The first-order chi connectivity index (χ1) is 10.6. The van der Waals surface area contributed by atoms with Crippen LogP contribution < -0.4 is 5.69 Å². The lowest BCUT2D eigenvalue weighted by molar-refractivity contribution is -0.137. The zero-order chi connectivity index (χ0) is 15.5. The van der Waals surface area contributed by atoms with Gasteiger partial charge in [-0.25, -0.2) is 4.79 Å². The molecule has 0 atom stereocenters. The molecule has 0 spiro atoms. The predicted molar refractivity (Wildman–Crippen MR) is 91.4 cm³/mol. The molecule has 6 nitrogen and oxygen atoms in total. The van der Waals surface area contributed by atoms with Gasteiger partial charge in [-0.05, 0) is 37.9 Å². The minimum Gasteiger partial charge on any atom is -0.481 e. The molecule has 3 rings (SSSR count). The molecule has 1 fully saturated rings. The largest absolute Gasteiger partial charge is 0.481 e. The minimum atomic E-state index is -0.736. The summed E-state index contributed by atoms with van der Waals surface area (Å²) in [6, 6.07) is 8.00. The van der Waals surface area contributed by atoms with Gasteiger partial charge < -0.3 is 15.0 Å². The Morgan fingerprint density at radius 3 is 2.65 bits per heavy atom. The van der Waals surface area contributed by atoms with Crippen LogP contribution in [0.3, 0.4) is 0 Å². The number of rotatable bonds is 5. The fourth-order valence-electron chi connectivity index (χ4n) is 3.29. The van der Waals surface area contributed by atoms with Gasteiger partial charge in [0.25, 0.3) is 0 Å². The highest BCUT2D eigenvalue weighted by molar-refractivity contribution is 5.85. The predicted octanol–water partition coefficient (Wildman–Crippen LogP) is 2.25. The van der Waals surface area contributed by atoms with E-state index < -0.39 is 5.97 Å². The number of hydrogen-bond acceptors (Lipinski definition) is 3. The van der Waals surface area contributed by atoms with Crippen molar-refractivity contribution in [2.45, 2.75) is 31.7 Å². The number of fused-ring (bicyclic) bond motifs is 1. The number of halogens is 1. The second-order valence-electron chi connectivity index (χ2n) is 5.89. The maximum atomic E-state index is 12.2. The van der Waals surface area contributed by atoms with E-state index in [-0.39, 0.29) is 30.6 Å². The monoisotopic (exact) mass is 339 g/mol. The van der Waals surface area contributed by atoms with E-state index >= 15 is 0 Å². The normalized spacial score (nSPS) is 16.3. The quantitative estimate of drug-likeness (QED) is 0.875. The highest BCUT2D eigenvalue weighted by Crippen LogP contribution is 2.24. The number of carbonyl (C=O) groups is 1. The van der Waals surface area contributed by atoms with Gasteiger partial charge in [0.2, 0.25) is 0 Å². The van der Waals surface area contributed by atoms with E-state index in [2.05, 4.69) is 9.88 Å². The Labute approximate surface area is 140 Å². The van der Waals surface area contributed by atoms with Crippen molar-refractivity contribution in [3.63, 3.8) is 0 Å². The number of piperidine rings is 1. The molecular formula is C16H22ClN3O3. The number of nitrogens with one attached hydrogen (secondary N) is 1. The number of aromatic nitrogens is 2. The van der Waals surface area contributed by atoms with Crippen molar-refractivity contribution in [3.05, 3.63) is 34.7 Å². The summed E-state index contributed by atoms with van der Waals surface area (Å²) in [5, 5.41) is 8.68. The summed E-state index contributed by atoms with van der Waals surface area (Å²) < 4.78 is 1.88. The fourth-order valence-corrected chi connectivity index (χ4v) is 3.29. The molecule has 126 valence electrons. The molecule has 1 aliphatic heterocycles. The first-order valence-electron chi connectivity index (χ1n) is 7.78. The molecule has 2 heterocycles. The highest BCUT2D eigenvalue weighted by Gasteiger charge is 2.23. The molecule has 0 unspecified atom stereocenters. The zero-order valence-electron chi connectivity index (χ0n) is 12.9. The van der Waals surface area contributed by atoms with Crippen LogP contribution in [-0.4, -0.2) is 45.2 Å². The summed E-state index contributed by atoms with van der Waals surface area (Å²) in [7, 11) is 0. The molecule has 0 bridgehead atoms. The number of imidazole rings is 1. The van der Waals surface area contributed by atoms with Crippen molar-refractivity contribution in [2.24, 2.45) is 0 Å². The van der Waals surface area contributed by atoms with Crippen molar-refractivity contribution in [1.82, 2.24) is 14.5 Å². The Balaban J connectivity index is 0.00000192. The average Bonchev–Trinajstić information content (AvgIpc) is 2.83. The molecule has 0 radical (unpaired) electrons. The van der Waals surface area contributed by atoms with E-state index in [1.54, 1.807) is 0 Å². The second-order valence-corrected chi connectivity index (χ2v) is 5.89. The number of hydrogen-bond donors (Lipinski definition) is 2. The van der Waals surface area contributed by atoms with E-state index in [9.17, 15) is 9.59 Å². The Morgan fingerprint density at radius 1 is 1.26 bits per heavy atom. The number of para-hydroxylation sites is 2. The molecule has 2 N–H and O–H groups in total. The van der Waals surface area contributed by atoms with Gasteiger partial charge in [-0.2, -0.15) is 0 Å². The van der Waals surface area contributed by atoms with Crippen molar-refractivity contribution >= 4 is 29.4 Å². The van der Waals surface area contributed by atoms with Crippen LogP contribution in [0.2, 0.25) is 0 Å². The fraction of sp³-hybridized carbons (Fsp3) is 0.500. The molecule has 1 aliphatic rings. The number of aromatic amines is 1. The number of nitrogens with zero attached hydrogens (tertiary/aromatic N) is 2. The SMILES string of the molecule is Cl.O=C(O)CCCN1CCC(n2c(=O)[nH]c3ccccc32)CC1. The van der Waals surface area contributed by atoms with E-state index in [0.717, 1.165) is 43.5 Å². The highest BCUT2D eigenvalue weighted by atomic mass is 35.5. The number of benzene rings is 1. The van der Waals surface area contributed by atoms with Crippen LogP contribution in [0.5, 0.6) is 0 Å². The van der Waals surface area contributed by atoms with Crippen molar-refractivity contribution in [1.29, 1.82) is 0 Å². The Bertz CT molecular complexity index is 717. The van der Waals surface area contributed by atoms with Crippen molar-refractivity contribution in [3.8, 4) is 0 Å². The lowest BCUT2D eigenvalue weighted by Gasteiger charge is -2.32. The van der Waals surface area contributed by atoms with Crippen LogP contribution in [-0.2, 0) is 4.79 Å². The molecule has 0 amide bonds. The first kappa shape index (κ1) is 17.6. The molecule has 7 heteroatoms. The maximum Gasteiger partial charge on any atom is 0.326 e. The van der Waals surface area contributed by atoms with Crippen LogP contribution >= 0.6 is 12.4 Å². The molecule has 2 aromatic rings. The Kier molecular flexibility index (Phi) is 5.85. The van der Waals surface area contributed by atoms with Gasteiger partial charge in [0, 0.05) is 25.6 Å². The summed E-state index contributed by atoms with van der Waals surface area (Å²) in [5.41, 5.74) is 1.82. The minimum absolute atomic E-state index is 0. The number of carboxylic acids is 1. The van der Waals surface area contributed by atoms with Crippen LogP contribution in [0.1, 0.15) is 31.7 Å². The first-order valence-corrected chi connectivity index (χ1v) is 7.78. The standard InChI is InChI=1S/C16H21N3O3.ClH/c20-15(21)6-3-9-18-10-7-12(8-11-18)19-14-5-2-1-4-13(14)17-16(19)22;/h1-2,4-5,12H,3,6-11H2,(H,17,22)(H,20,21);1H. The van der Waals surface area contributed by atoms with Gasteiger partial charge >= 0.3 is 11.7 Å². The van der Waals surface area contributed by atoms with Gasteiger partial charge in [0.1, 0.15) is 0 Å². The lowest BCUT2D eigenvalue weighted by atomic mass is 10.0. The number of H-pyrrole nitrogens is 1. The van der Waals surface area contributed by atoms with Crippen LogP contribution in [0, 0.1) is 0 Å². The van der Waals surface area contributed by atoms with E-state index in [1.807, 2.05) is 28.8 Å². The third-order valence-corrected chi connectivity index (χ3v) is 4.41. The summed E-state index contributed by atoms with van der Waals surface area (Å²) in [6.07, 6.45) is 2.76. The zero-order valence-corrected chi connectivity index (χ0v) is 13.7. The van der Waals surface area contributed by atoms with Crippen LogP contribution in [0.15, 0.2) is 29.1 Å². The topological polar surface area (TPSA) is 78.3 Å². The molecule has 1 aromatic heterocycles. The molecule has 1 aromatic carbocycles. The van der Waals surface area contributed by atoms with Crippen LogP contribution in [0.25, 0.3) is 11.0 Å². The summed E-state index contributed by atoms with van der Waals surface area (Å²) in [4.78, 5) is 27.9. The van der Waals surface area contributed by atoms with E-state index in [4.69, 9.17) is 5.11 Å². The van der Waals surface area contributed by atoms with Crippen molar-refractivity contribution < 1.29 is 9.90 Å². The van der Waals surface area contributed by atoms with Crippen molar-refractivity contribution in [2.75, 3.05) is 19.6 Å². The molecule has 1 saturated heterocycles. The molecule has 0 saturated carbocycles. The maximum absolute atomic E-state index is 12.2. The van der Waals surface area contributed by atoms with Gasteiger partial charge in [-0.1, -0.05) is 12.1 Å². The molecule has 23 heavy (non-hydrogen) atoms. The third-order valence-electron chi connectivity index (χ3n) is 4.41. The summed E-state index contributed by atoms with van der Waals surface area (Å²) >= 11 is 0. The molecule has 0 aliphatic carbocycles. The van der Waals surface area contributed by atoms with Gasteiger partial charge in [-0.15, -0.1) is 12.4 Å². The lowest BCUT2D eigenvalue weighted by Crippen LogP contribution is -2.37. The van der Waals surface area contributed by atoms with E-state index in [1.165, 1.54) is 0 Å². The summed E-state index contributed by atoms with van der Waals surface area (Å²) in [6.45, 7) is 2.65. The number of aliphatic carboxylic acids is 1.